The van der Waals surface area contributed by atoms with Crippen molar-refractivity contribution in [2.45, 2.75) is 26.4 Å². The average molecular weight is 443 g/mol. The second-order valence-corrected chi connectivity index (χ2v) is 7.87. The molecule has 0 aliphatic rings. The summed E-state index contributed by atoms with van der Waals surface area (Å²) in [4.78, 5) is 24.8. The summed E-state index contributed by atoms with van der Waals surface area (Å²) in [5.41, 5.74) is 4.38. The van der Waals surface area contributed by atoms with Crippen molar-refractivity contribution >= 4 is 22.6 Å². The van der Waals surface area contributed by atoms with Crippen LogP contribution in [-0.2, 0) is 11.2 Å². The lowest BCUT2D eigenvalue weighted by atomic mass is 9.98. The Morgan fingerprint density at radius 1 is 1.03 bits per heavy atom. The van der Waals surface area contributed by atoms with E-state index in [1.165, 1.54) is 6.07 Å². The van der Waals surface area contributed by atoms with Gasteiger partial charge < -0.3 is 19.6 Å². The van der Waals surface area contributed by atoms with Crippen LogP contribution in [0.1, 0.15) is 18.1 Å². The first-order chi connectivity index (χ1) is 15.9. The smallest absolute Gasteiger partial charge is 0.336 e. The number of ether oxygens (including phenoxy) is 1. The minimum absolute atomic E-state index is 0.0783. The normalized spacial score (nSPS) is 11.8. The number of hydrogen-bond acceptors (Lipinski definition) is 5. The van der Waals surface area contributed by atoms with Crippen LogP contribution in [0, 0.1) is 6.92 Å². The molecule has 4 rings (SSSR count). The van der Waals surface area contributed by atoms with Crippen molar-refractivity contribution in [1.29, 1.82) is 0 Å². The van der Waals surface area contributed by atoms with Gasteiger partial charge >= 0.3 is 5.63 Å². The highest BCUT2D eigenvalue weighted by Gasteiger charge is 2.17. The highest BCUT2D eigenvalue weighted by atomic mass is 16.5. The largest absolute Gasteiger partial charge is 0.481 e. The number of carbonyl (C=O) groups is 1. The third-order valence-electron chi connectivity index (χ3n) is 5.46. The van der Waals surface area contributed by atoms with Crippen molar-refractivity contribution in [2.24, 2.45) is 0 Å². The average Bonchev–Trinajstić information content (AvgIpc) is 2.80. The zero-order chi connectivity index (χ0) is 23.4. The van der Waals surface area contributed by atoms with E-state index >= 15 is 0 Å². The Labute approximate surface area is 191 Å². The van der Waals surface area contributed by atoms with Gasteiger partial charge in [0.15, 0.2) is 6.10 Å². The summed E-state index contributed by atoms with van der Waals surface area (Å²) in [6, 6.07) is 21.8. The van der Waals surface area contributed by atoms with Crippen molar-refractivity contribution in [3.05, 3.63) is 94.3 Å². The molecule has 1 aromatic heterocycles. The monoisotopic (exact) mass is 443 g/mol. The Balaban J connectivity index is 1.53. The van der Waals surface area contributed by atoms with Gasteiger partial charge in [0, 0.05) is 35.4 Å². The van der Waals surface area contributed by atoms with Gasteiger partial charge in [-0.25, -0.2) is 4.79 Å². The van der Waals surface area contributed by atoms with E-state index in [1.54, 1.807) is 31.2 Å². The molecule has 1 amide bonds. The molecule has 3 aromatic carbocycles. The predicted octanol–water partition coefficient (Wildman–Crippen LogP) is 4.71. The van der Waals surface area contributed by atoms with Crippen LogP contribution >= 0.6 is 0 Å². The lowest BCUT2D eigenvalue weighted by Crippen LogP contribution is -2.30. The minimum Gasteiger partial charge on any atom is -0.481 e. The van der Waals surface area contributed by atoms with E-state index in [4.69, 9.17) is 14.3 Å². The number of aliphatic hydroxyl groups is 1. The first-order valence-corrected chi connectivity index (χ1v) is 10.8. The zero-order valence-electron chi connectivity index (χ0n) is 18.5. The SMILES string of the molecule is Cc1ccccc1-c1cc(=O)oc2cc(OC(C)C(=O)Nc3ccc(CCO)cc3)ccc12. The van der Waals surface area contributed by atoms with E-state index in [-0.39, 0.29) is 12.5 Å². The molecule has 2 N–H and O–H groups in total. The number of hydrogen-bond donors (Lipinski definition) is 2. The molecule has 0 aliphatic heterocycles. The van der Waals surface area contributed by atoms with E-state index in [1.807, 2.05) is 49.4 Å². The molecule has 0 radical (unpaired) electrons. The molecule has 1 unspecified atom stereocenters. The minimum atomic E-state index is -0.772. The lowest BCUT2D eigenvalue weighted by molar-refractivity contribution is -0.122. The number of amides is 1. The molecular formula is C27H25NO5. The maximum Gasteiger partial charge on any atom is 0.336 e. The molecule has 1 atom stereocenters. The molecule has 33 heavy (non-hydrogen) atoms. The first-order valence-electron chi connectivity index (χ1n) is 10.8. The summed E-state index contributed by atoms with van der Waals surface area (Å²) in [5.74, 6) is 0.119. The number of rotatable bonds is 7. The highest BCUT2D eigenvalue weighted by molar-refractivity contribution is 5.95. The Hall–Kier alpha value is -3.90. The standard InChI is InChI=1S/C27H25NO5/c1-17-5-3-4-6-22(17)24-16-26(30)33-25-15-21(11-12-23(24)25)32-18(2)27(31)28-20-9-7-19(8-10-20)13-14-29/h3-12,15-16,18,29H,13-14H2,1-2H3,(H,28,31). The summed E-state index contributed by atoms with van der Waals surface area (Å²) in [5, 5.41) is 12.6. The fourth-order valence-electron chi connectivity index (χ4n) is 3.70. The van der Waals surface area contributed by atoms with Gasteiger partial charge in [-0.3, -0.25) is 4.79 Å². The van der Waals surface area contributed by atoms with E-state index in [0.717, 1.165) is 27.6 Å². The molecule has 6 heteroatoms. The number of aryl methyl sites for hydroxylation is 1. The Kier molecular flexibility index (Phi) is 6.56. The van der Waals surface area contributed by atoms with Crippen LogP contribution < -0.4 is 15.7 Å². The van der Waals surface area contributed by atoms with Crippen LogP contribution in [-0.4, -0.2) is 23.7 Å². The van der Waals surface area contributed by atoms with E-state index < -0.39 is 11.7 Å². The topological polar surface area (TPSA) is 88.8 Å². The van der Waals surface area contributed by atoms with Gasteiger partial charge in [0.2, 0.25) is 0 Å². The fraction of sp³-hybridized carbons (Fsp3) is 0.185. The Morgan fingerprint density at radius 3 is 2.52 bits per heavy atom. The molecule has 168 valence electrons. The third-order valence-corrected chi connectivity index (χ3v) is 5.46. The van der Waals surface area contributed by atoms with E-state index in [0.29, 0.717) is 23.4 Å². The van der Waals surface area contributed by atoms with Gasteiger partial charge in [-0.05, 0) is 61.2 Å². The highest BCUT2D eigenvalue weighted by Crippen LogP contribution is 2.31. The van der Waals surface area contributed by atoms with Gasteiger partial charge in [-0.2, -0.15) is 0 Å². The number of anilines is 1. The summed E-state index contributed by atoms with van der Waals surface area (Å²) >= 11 is 0. The molecule has 1 heterocycles. The lowest BCUT2D eigenvalue weighted by Gasteiger charge is -2.16. The fourth-order valence-corrected chi connectivity index (χ4v) is 3.70. The second kappa shape index (κ2) is 9.71. The molecule has 4 aromatic rings. The number of fused-ring (bicyclic) bond motifs is 1. The molecule has 0 saturated heterocycles. The maximum atomic E-state index is 12.6. The summed E-state index contributed by atoms with van der Waals surface area (Å²) in [6.07, 6.45) is -0.206. The van der Waals surface area contributed by atoms with Crippen LogP contribution in [0.5, 0.6) is 5.75 Å². The van der Waals surface area contributed by atoms with Gasteiger partial charge in [-0.1, -0.05) is 36.4 Å². The number of aliphatic hydroxyl groups excluding tert-OH is 1. The molecule has 0 aliphatic carbocycles. The van der Waals surface area contributed by atoms with Gasteiger partial charge in [-0.15, -0.1) is 0 Å². The Morgan fingerprint density at radius 2 is 1.79 bits per heavy atom. The van der Waals surface area contributed by atoms with Crippen LogP contribution in [0.25, 0.3) is 22.1 Å². The van der Waals surface area contributed by atoms with Gasteiger partial charge in [0.1, 0.15) is 11.3 Å². The zero-order valence-corrected chi connectivity index (χ0v) is 18.5. The van der Waals surface area contributed by atoms with Crippen LogP contribution in [0.4, 0.5) is 5.69 Å². The molecule has 0 spiro atoms. The van der Waals surface area contributed by atoms with Gasteiger partial charge in [0.05, 0.1) is 0 Å². The summed E-state index contributed by atoms with van der Waals surface area (Å²) in [7, 11) is 0. The third kappa shape index (κ3) is 5.13. The molecule has 6 nitrogen and oxygen atoms in total. The molecule has 0 bridgehead atoms. The van der Waals surface area contributed by atoms with Crippen molar-refractivity contribution in [3.63, 3.8) is 0 Å². The second-order valence-electron chi connectivity index (χ2n) is 7.87. The van der Waals surface area contributed by atoms with Crippen molar-refractivity contribution in [2.75, 3.05) is 11.9 Å². The molecule has 0 fully saturated rings. The van der Waals surface area contributed by atoms with E-state index in [2.05, 4.69) is 5.32 Å². The number of nitrogens with one attached hydrogen (secondary N) is 1. The van der Waals surface area contributed by atoms with Crippen molar-refractivity contribution < 1.29 is 19.1 Å². The van der Waals surface area contributed by atoms with Crippen LogP contribution in [0.2, 0.25) is 0 Å². The van der Waals surface area contributed by atoms with Crippen LogP contribution in [0.15, 0.2) is 82.0 Å². The van der Waals surface area contributed by atoms with Crippen LogP contribution in [0.3, 0.4) is 0 Å². The molecule has 0 saturated carbocycles. The summed E-state index contributed by atoms with van der Waals surface area (Å²) in [6.45, 7) is 3.72. The van der Waals surface area contributed by atoms with Crippen molar-refractivity contribution in [3.8, 4) is 16.9 Å². The number of carbonyl (C=O) groups excluding carboxylic acids is 1. The quantitative estimate of drug-likeness (QED) is 0.404. The molecular weight excluding hydrogens is 418 g/mol. The Bertz CT molecular complexity index is 1340. The van der Waals surface area contributed by atoms with Crippen molar-refractivity contribution in [1.82, 2.24) is 0 Å². The summed E-state index contributed by atoms with van der Waals surface area (Å²) < 4.78 is 11.2. The van der Waals surface area contributed by atoms with E-state index in [9.17, 15) is 9.59 Å². The first kappa shape index (κ1) is 22.3. The maximum absolute atomic E-state index is 12.6. The van der Waals surface area contributed by atoms with Gasteiger partial charge in [0.25, 0.3) is 5.91 Å². The predicted molar refractivity (Wildman–Crippen MR) is 129 cm³/mol. The number of benzene rings is 3.